The highest BCUT2D eigenvalue weighted by Crippen LogP contribution is 1.78. The number of nitrogens with zero attached hydrogens (tertiary/aromatic N) is 1. The van der Waals surface area contributed by atoms with Crippen molar-refractivity contribution in [1.82, 2.24) is 0 Å². The second kappa shape index (κ2) is 12.1. The molecular formula is C8H19NO2. The molecule has 0 amide bonds. The van der Waals surface area contributed by atoms with Gasteiger partial charge in [0, 0.05) is 13.2 Å². The Kier molecular flexibility index (Phi) is 14.4. The van der Waals surface area contributed by atoms with Crippen LogP contribution in [0.4, 0.5) is 0 Å². The standard InChI is InChI=1S/C4H9NO.C4H10O/c1-3-4(2)5-6;1-3-5-4-2/h6H,3H2,1-2H3;3-4H2,1-2H3. The van der Waals surface area contributed by atoms with E-state index in [1.807, 2.05) is 20.8 Å². The SMILES string of the molecule is CCC(C)=NO.CCOCC. The van der Waals surface area contributed by atoms with Gasteiger partial charge >= 0.3 is 0 Å². The maximum absolute atomic E-state index is 7.92. The molecule has 11 heavy (non-hydrogen) atoms. The number of ether oxygens (including phenoxy) is 1. The van der Waals surface area contributed by atoms with E-state index >= 15 is 0 Å². The Labute approximate surface area is 69.1 Å². The Morgan fingerprint density at radius 2 is 1.73 bits per heavy atom. The average Bonchev–Trinajstić information content (AvgIpc) is 2.06. The molecular weight excluding hydrogens is 142 g/mol. The van der Waals surface area contributed by atoms with Crippen LogP contribution in [0.25, 0.3) is 0 Å². The summed E-state index contributed by atoms with van der Waals surface area (Å²) in [6.07, 6.45) is 0.830. The van der Waals surface area contributed by atoms with E-state index in [2.05, 4.69) is 5.16 Å². The smallest absolute Gasteiger partial charge is 0.0537 e. The first kappa shape index (κ1) is 13.1. The van der Waals surface area contributed by atoms with Gasteiger partial charge in [-0.25, -0.2) is 0 Å². The minimum absolute atomic E-state index is 0.773. The minimum atomic E-state index is 0.773. The van der Waals surface area contributed by atoms with E-state index in [9.17, 15) is 0 Å². The van der Waals surface area contributed by atoms with Crippen molar-refractivity contribution < 1.29 is 9.94 Å². The molecule has 3 nitrogen and oxygen atoms in total. The molecule has 1 N–H and O–H groups in total. The number of hydrogen-bond donors (Lipinski definition) is 1. The third-order valence-corrected chi connectivity index (χ3v) is 1.09. The first-order valence-corrected chi connectivity index (χ1v) is 3.98. The molecule has 0 heterocycles. The summed E-state index contributed by atoms with van der Waals surface area (Å²) in [4.78, 5) is 0. The normalized spacial score (nSPS) is 10.4. The van der Waals surface area contributed by atoms with E-state index in [1.54, 1.807) is 6.92 Å². The summed E-state index contributed by atoms with van der Waals surface area (Å²) < 4.78 is 4.83. The van der Waals surface area contributed by atoms with Crippen LogP contribution in [0.2, 0.25) is 0 Å². The molecule has 68 valence electrons. The molecule has 0 aliphatic heterocycles. The van der Waals surface area contributed by atoms with Gasteiger partial charge in [-0.1, -0.05) is 12.1 Å². The topological polar surface area (TPSA) is 41.8 Å². The molecule has 0 aromatic heterocycles. The van der Waals surface area contributed by atoms with Crippen LogP contribution < -0.4 is 0 Å². The Balaban J connectivity index is 0. The van der Waals surface area contributed by atoms with E-state index in [-0.39, 0.29) is 0 Å². The van der Waals surface area contributed by atoms with Gasteiger partial charge in [-0.3, -0.25) is 0 Å². The maximum Gasteiger partial charge on any atom is 0.0537 e. The molecule has 0 saturated heterocycles. The molecule has 0 radical (unpaired) electrons. The predicted octanol–water partition coefficient (Wildman–Crippen LogP) is 2.29. The fourth-order valence-electron chi connectivity index (χ4n) is 0.275. The lowest BCUT2D eigenvalue weighted by molar-refractivity contribution is 0.162. The van der Waals surface area contributed by atoms with Crippen molar-refractivity contribution in [2.45, 2.75) is 34.1 Å². The van der Waals surface area contributed by atoms with Gasteiger partial charge in [-0.2, -0.15) is 0 Å². The predicted molar refractivity (Wildman–Crippen MR) is 47.4 cm³/mol. The average molecular weight is 161 g/mol. The lowest BCUT2D eigenvalue weighted by atomic mass is 10.3. The highest BCUT2D eigenvalue weighted by atomic mass is 16.5. The van der Waals surface area contributed by atoms with Crippen molar-refractivity contribution in [3.05, 3.63) is 0 Å². The van der Waals surface area contributed by atoms with Crippen LogP contribution in [0.15, 0.2) is 5.16 Å². The van der Waals surface area contributed by atoms with Crippen LogP contribution in [-0.2, 0) is 4.74 Å². The van der Waals surface area contributed by atoms with Crippen molar-refractivity contribution in [2.24, 2.45) is 5.16 Å². The van der Waals surface area contributed by atoms with Crippen molar-refractivity contribution >= 4 is 5.71 Å². The zero-order chi connectivity index (χ0) is 9.11. The fourth-order valence-corrected chi connectivity index (χ4v) is 0.275. The van der Waals surface area contributed by atoms with E-state index in [0.717, 1.165) is 25.3 Å². The second-order valence-corrected chi connectivity index (χ2v) is 1.97. The van der Waals surface area contributed by atoms with Crippen LogP contribution in [0.5, 0.6) is 0 Å². The van der Waals surface area contributed by atoms with E-state index in [0.29, 0.717) is 0 Å². The highest BCUT2D eigenvalue weighted by Gasteiger charge is 1.77. The summed E-state index contributed by atoms with van der Waals surface area (Å²) in [6, 6.07) is 0. The van der Waals surface area contributed by atoms with Crippen LogP contribution in [0, 0.1) is 0 Å². The van der Waals surface area contributed by atoms with Gasteiger partial charge in [0.15, 0.2) is 0 Å². The van der Waals surface area contributed by atoms with Crippen LogP contribution >= 0.6 is 0 Å². The minimum Gasteiger partial charge on any atom is -0.411 e. The zero-order valence-corrected chi connectivity index (χ0v) is 7.92. The number of rotatable bonds is 3. The van der Waals surface area contributed by atoms with Crippen LogP contribution in [-0.4, -0.2) is 24.1 Å². The molecule has 0 aliphatic rings. The molecule has 0 rings (SSSR count). The van der Waals surface area contributed by atoms with Crippen molar-refractivity contribution in [2.75, 3.05) is 13.2 Å². The first-order chi connectivity index (χ1) is 5.22. The largest absolute Gasteiger partial charge is 0.411 e. The lowest BCUT2D eigenvalue weighted by Gasteiger charge is -1.86. The van der Waals surface area contributed by atoms with E-state index < -0.39 is 0 Å². The molecule has 0 aromatic carbocycles. The summed E-state index contributed by atoms with van der Waals surface area (Å²) >= 11 is 0. The Morgan fingerprint density at radius 1 is 1.27 bits per heavy atom. The monoisotopic (exact) mass is 161 g/mol. The summed E-state index contributed by atoms with van der Waals surface area (Å²) in [5, 5.41) is 10.8. The third-order valence-electron chi connectivity index (χ3n) is 1.09. The molecule has 0 aromatic rings. The van der Waals surface area contributed by atoms with E-state index in [4.69, 9.17) is 9.94 Å². The molecule has 0 unspecified atom stereocenters. The van der Waals surface area contributed by atoms with Gasteiger partial charge in [0.05, 0.1) is 5.71 Å². The van der Waals surface area contributed by atoms with Crippen molar-refractivity contribution in [1.29, 1.82) is 0 Å². The lowest BCUT2D eigenvalue weighted by Crippen LogP contribution is -1.84. The summed E-state index contributed by atoms with van der Waals surface area (Å²) in [5.41, 5.74) is 0.773. The number of oxime groups is 1. The molecule has 0 aliphatic carbocycles. The van der Waals surface area contributed by atoms with Gasteiger partial charge < -0.3 is 9.94 Å². The quantitative estimate of drug-likeness (QED) is 0.392. The molecule has 0 saturated carbocycles. The summed E-state index contributed by atoms with van der Waals surface area (Å²) in [5.74, 6) is 0. The summed E-state index contributed by atoms with van der Waals surface area (Å²) in [7, 11) is 0. The Bertz CT molecular complexity index is 90.1. The molecule has 0 atom stereocenters. The van der Waals surface area contributed by atoms with Gasteiger partial charge in [0.1, 0.15) is 0 Å². The van der Waals surface area contributed by atoms with Crippen molar-refractivity contribution in [3.8, 4) is 0 Å². The zero-order valence-electron chi connectivity index (χ0n) is 7.92. The molecule has 0 bridgehead atoms. The van der Waals surface area contributed by atoms with E-state index in [1.165, 1.54) is 0 Å². The molecule has 3 heteroatoms. The maximum atomic E-state index is 7.92. The van der Waals surface area contributed by atoms with Crippen LogP contribution in [0.1, 0.15) is 34.1 Å². The number of hydrogen-bond acceptors (Lipinski definition) is 3. The van der Waals surface area contributed by atoms with Gasteiger partial charge in [0.25, 0.3) is 0 Å². The highest BCUT2D eigenvalue weighted by molar-refractivity contribution is 5.80. The Hall–Kier alpha value is -0.570. The van der Waals surface area contributed by atoms with Crippen LogP contribution in [0.3, 0.4) is 0 Å². The third kappa shape index (κ3) is 17.7. The van der Waals surface area contributed by atoms with Crippen molar-refractivity contribution in [3.63, 3.8) is 0 Å². The fraction of sp³-hybridized carbons (Fsp3) is 0.875. The Morgan fingerprint density at radius 3 is 1.73 bits per heavy atom. The first-order valence-electron chi connectivity index (χ1n) is 3.98. The second-order valence-electron chi connectivity index (χ2n) is 1.97. The molecule has 0 fully saturated rings. The van der Waals surface area contributed by atoms with Gasteiger partial charge in [-0.05, 0) is 27.2 Å². The van der Waals surface area contributed by atoms with Gasteiger partial charge in [0.2, 0.25) is 0 Å². The van der Waals surface area contributed by atoms with Gasteiger partial charge in [-0.15, -0.1) is 0 Å². The molecule has 0 spiro atoms. The summed E-state index contributed by atoms with van der Waals surface area (Å²) in [6.45, 7) is 9.38.